The number of hydrogen-bond donors (Lipinski definition) is 1. The van der Waals surface area contributed by atoms with Crippen molar-refractivity contribution >= 4 is 27.4 Å². The maximum atomic E-state index is 5.71. The zero-order valence-electron chi connectivity index (χ0n) is 11.7. The lowest BCUT2D eigenvalue weighted by Gasteiger charge is -2.27. The number of ether oxygens (including phenoxy) is 1. The van der Waals surface area contributed by atoms with E-state index < -0.39 is 0 Å². The van der Waals surface area contributed by atoms with Gasteiger partial charge in [-0.15, -0.1) is 11.3 Å². The SMILES string of the molecule is Cc1cc2c(NC3CCOc4ccccc43)ncnc2s1. The highest BCUT2D eigenvalue weighted by atomic mass is 32.1. The van der Waals surface area contributed by atoms with E-state index in [0.29, 0.717) is 0 Å². The summed E-state index contributed by atoms with van der Waals surface area (Å²) < 4.78 is 5.71. The van der Waals surface area contributed by atoms with Gasteiger partial charge in [0, 0.05) is 16.9 Å². The van der Waals surface area contributed by atoms with Gasteiger partial charge in [0.1, 0.15) is 22.7 Å². The predicted octanol–water partition coefficient (Wildman–Crippen LogP) is 3.94. The molecule has 3 heterocycles. The van der Waals surface area contributed by atoms with Crippen molar-refractivity contribution in [3.05, 3.63) is 47.1 Å². The number of thiophene rings is 1. The van der Waals surface area contributed by atoms with Crippen LogP contribution in [0, 0.1) is 6.92 Å². The van der Waals surface area contributed by atoms with Crippen LogP contribution >= 0.6 is 11.3 Å². The molecule has 0 spiro atoms. The van der Waals surface area contributed by atoms with E-state index in [0.717, 1.165) is 34.8 Å². The second-order valence-electron chi connectivity index (χ2n) is 5.17. The van der Waals surface area contributed by atoms with Crippen molar-refractivity contribution in [3.8, 4) is 5.75 Å². The molecule has 0 saturated carbocycles. The second kappa shape index (κ2) is 5.00. The van der Waals surface area contributed by atoms with Gasteiger partial charge in [0.25, 0.3) is 0 Å². The third kappa shape index (κ3) is 2.23. The van der Waals surface area contributed by atoms with Crippen LogP contribution in [0.4, 0.5) is 5.82 Å². The van der Waals surface area contributed by atoms with Crippen LogP contribution < -0.4 is 10.1 Å². The number of rotatable bonds is 2. The number of nitrogens with zero attached hydrogens (tertiary/aromatic N) is 2. The average Bonchev–Trinajstić information content (AvgIpc) is 2.89. The number of aromatic nitrogens is 2. The molecule has 1 aliphatic heterocycles. The Morgan fingerprint density at radius 2 is 2.19 bits per heavy atom. The number of para-hydroxylation sites is 1. The Morgan fingerprint density at radius 3 is 3.14 bits per heavy atom. The third-order valence-electron chi connectivity index (χ3n) is 3.72. The number of aryl methyl sites for hydroxylation is 1. The summed E-state index contributed by atoms with van der Waals surface area (Å²) in [7, 11) is 0. The molecule has 5 heteroatoms. The number of nitrogens with one attached hydrogen (secondary N) is 1. The van der Waals surface area contributed by atoms with Crippen molar-refractivity contribution in [2.75, 3.05) is 11.9 Å². The minimum atomic E-state index is 0.230. The van der Waals surface area contributed by atoms with Crippen LogP contribution in [-0.4, -0.2) is 16.6 Å². The van der Waals surface area contributed by atoms with Crippen LogP contribution in [0.2, 0.25) is 0 Å². The smallest absolute Gasteiger partial charge is 0.138 e. The molecule has 0 fully saturated rings. The fourth-order valence-corrected chi connectivity index (χ4v) is 3.60. The highest BCUT2D eigenvalue weighted by molar-refractivity contribution is 7.18. The molecule has 1 aromatic carbocycles. The zero-order chi connectivity index (χ0) is 14.2. The number of hydrogen-bond acceptors (Lipinski definition) is 5. The van der Waals surface area contributed by atoms with E-state index >= 15 is 0 Å². The monoisotopic (exact) mass is 297 g/mol. The van der Waals surface area contributed by atoms with Crippen molar-refractivity contribution in [2.24, 2.45) is 0 Å². The van der Waals surface area contributed by atoms with Crippen molar-refractivity contribution in [1.82, 2.24) is 9.97 Å². The maximum absolute atomic E-state index is 5.71. The summed E-state index contributed by atoms with van der Waals surface area (Å²) in [5, 5.41) is 4.67. The topological polar surface area (TPSA) is 47.0 Å². The Balaban J connectivity index is 1.73. The molecular weight excluding hydrogens is 282 g/mol. The minimum absolute atomic E-state index is 0.230. The van der Waals surface area contributed by atoms with E-state index in [1.807, 2.05) is 18.2 Å². The van der Waals surface area contributed by atoms with Crippen LogP contribution in [0.5, 0.6) is 5.75 Å². The third-order valence-corrected chi connectivity index (χ3v) is 4.68. The molecule has 4 rings (SSSR count). The lowest BCUT2D eigenvalue weighted by molar-refractivity contribution is 0.274. The number of fused-ring (bicyclic) bond motifs is 2. The molecule has 3 aromatic rings. The Kier molecular flexibility index (Phi) is 3.00. The largest absolute Gasteiger partial charge is 0.493 e. The zero-order valence-corrected chi connectivity index (χ0v) is 12.5. The molecule has 1 N–H and O–H groups in total. The molecule has 0 saturated heterocycles. The van der Waals surface area contributed by atoms with Crippen LogP contribution in [0.3, 0.4) is 0 Å². The molecule has 0 amide bonds. The summed E-state index contributed by atoms with van der Waals surface area (Å²) in [4.78, 5) is 11.1. The summed E-state index contributed by atoms with van der Waals surface area (Å²) in [6.45, 7) is 2.82. The fraction of sp³-hybridized carbons (Fsp3) is 0.250. The molecule has 106 valence electrons. The summed E-state index contributed by atoms with van der Waals surface area (Å²) >= 11 is 1.70. The molecule has 0 radical (unpaired) electrons. The molecular formula is C16H15N3OS. The van der Waals surface area contributed by atoms with Gasteiger partial charge in [-0.3, -0.25) is 0 Å². The van der Waals surface area contributed by atoms with Gasteiger partial charge in [0.05, 0.1) is 18.0 Å². The minimum Gasteiger partial charge on any atom is -0.493 e. The summed E-state index contributed by atoms with van der Waals surface area (Å²) in [6, 6.07) is 10.6. The molecule has 4 nitrogen and oxygen atoms in total. The Labute approximate surface area is 126 Å². The van der Waals surface area contributed by atoms with Crippen molar-refractivity contribution < 1.29 is 4.74 Å². The first-order chi connectivity index (χ1) is 10.3. The maximum Gasteiger partial charge on any atom is 0.138 e. The number of benzene rings is 1. The average molecular weight is 297 g/mol. The van der Waals surface area contributed by atoms with Gasteiger partial charge in [-0.05, 0) is 19.1 Å². The van der Waals surface area contributed by atoms with Gasteiger partial charge in [-0.25, -0.2) is 9.97 Å². The lowest BCUT2D eigenvalue weighted by Crippen LogP contribution is -2.20. The first kappa shape index (κ1) is 12.6. The van der Waals surface area contributed by atoms with E-state index in [2.05, 4.69) is 34.3 Å². The molecule has 0 aliphatic carbocycles. The summed E-state index contributed by atoms with van der Waals surface area (Å²) in [5.74, 6) is 1.87. The predicted molar refractivity (Wildman–Crippen MR) is 85.1 cm³/mol. The van der Waals surface area contributed by atoms with Crippen LogP contribution in [0.25, 0.3) is 10.2 Å². The van der Waals surface area contributed by atoms with Crippen molar-refractivity contribution in [1.29, 1.82) is 0 Å². The molecule has 1 atom stereocenters. The molecule has 1 unspecified atom stereocenters. The Bertz CT molecular complexity index is 799. The first-order valence-electron chi connectivity index (χ1n) is 7.00. The van der Waals surface area contributed by atoms with E-state index in [1.165, 1.54) is 10.4 Å². The lowest BCUT2D eigenvalue weighted by atomic mass is 10.0. The first-order valence-corrected chi connectivity index (χ1v) is 7.82. The van der Waals surface area contributed by atoms with Gasteiger partial charge >= 0.3 is 0 Å². The highest BCUT2D eigenvalue weighted by Crippen LogP contribution is 2.35. The van der Waals surface area contributed by atoms with E-state index in [9.17, 15) is 0 Å². The van der Waals surface area contributed by atoms with Gasteiger partial charge in [0.2, 0.25) is 0 Å². The van der Waals surface area contributed by atoms with Crippen LogP contribution in [0.15, 0.2) is 36.7 Å². The van der Waals surface area contributed by atoms with Gasteiger partial charge < -0.3 is 10.1 Å². The van der Waals surface area contributed by atoms with Crippen LogP contribution in [-0.2, 0) is 0 Å². The Hall–Kier alpha value is -2.14. The number of anilines is 1. The highest BCUT2D eigenvalue weighted by Gasteiger charge is 2.22. The van der Waals surface area contributed by atoms with E-state index in [-0.39, 0.29) is 6.04 Å². The quantitative estimate of drug-likeness (QED) is 0.778. The molecule has 2 aromatic heterocycles. The van der Waals surface area contributed by atoms with Gasteiger partial charge in [0.15, 0.2) is 0 Å². The standard InChI is InChI=1S/C16H15N3OS/c1-10-8-12-15(17-9-18-16(12)21-10)19-13-6-7-20-14-5-3-2-4-11(13)14/h2-5,8-9,13H,6-7H2,1H3,(H,17,18,19). The van der Waals surface area contributed by atoms with Gasteiger partial charge in [-0.2, -0.15) is 0 Å². The summed E-state index contributed by atoms with van der Waals surface area (Å²) in [5.41, 5.74) is 1.20. The van der Waals surface area contributed by atoms with Crippen molar-refractivity contribution in [2.45, 2.75) is 19.4 Å². The van der Waals surface area contributed by atoms with Gasteiger partial charge in [-0.1, -0.05) is 18.2 Å². The second-order valence-corrected chi connectivity index (χ2v) is 6.40. The summed E-state index contributed by atoms with van der Waals surface area (Å²) in [6.07, 6.45) is 2.57. The molecule has 1 aliphatic rings. The van der Waals surface area contributed by atoms with Crippen molar-refractivity contribution in [3.63, 3.8) is 0 Å². The Morgan fingerprint density at radius 1 is 1.29 bits per heavy atom. The van der Waals surface area contributed by atoms with E-state index in [4.69, 9.17) is 4.74 Å². The fourth-order valence-electron chi connectivity index (χ4n) is 2.75. The van der Waals surface area contributed by atoms with E-state index in [1.54, 1.807) is 17.7 Å². The van der Waals surface area contributed by atoms with Crippen LogP contribution in [0.1, 0.15) is 22.9 Å². The normalized spacial score (nSPS) is 17.3. The molecule has 21 heavy (non-hydrogen) atoms. The molecule has 0 bridgehead atoms.